The number of anilines is 2. The largest absolute Gasteiger partial charge is 0.508 e. The van der Waals surface area contributed by atoms with Crippen LogP contribution in [-0.4, -0.2) is 36.2 Å². The number of carboxylic acid groups (broad SMARTS) is 1. The summed E-state index contributed by atoms with van der Waals surface area (Å²) in [5.74, 6) is -1.19. The maximum atomic E-state index is 13.5. The van der Waals surface area contributed by atoms with Crippen molar-refractivity contribution in [3.05, 3.63) is 120 Å². The van der Waals surface area contributed by atoms with Crippen molar-refractivity contribution in [1.29, 1.82) is 0 Å². The van der Waals surface area contributed by atoms with Gasteiger partial charge in [-0.1, -0.05) is 48.5 Å². The summed E-state index contributed by atoms with van der Waals surface area (Å²) in [4.78, 5) is 28.2. The molecule has 0 aliphatic rings. The van der Waals surface area contributed by atoms with Gasteiger partial charge in [0.2, 0.25) is 0 Å². The fourth-order valence-corrected chi connectivity index (χ4v) is 3.94. The van der Waals surface area contributed by atoms with Gasteiger partial charge in [0.1, 0.15) is 5.75 Å². The number of carbonyl (C=O) groups is 2. The van der Waals surface area contributed by atoms with Gasteiger partial charge in [0.05, 0.1) is 6.54 Å². The van der Waals surface area contributed by atoms with Gasteiger partial charge in [0.15, 0.2) is 0 Å². The molecular formula is C31H28N2O4. The molecule has 0 saturated carbocycles. The molecule has 0 aliphatic carbocycles. The summed E-state index contributed by atoms with van der Waals surface area (Å²) in [6.07, 6.45) is 2.56. The summed E-state index contributed by atoms with van der Waals surface area (Å²) in [7, 11) is 4.01. The summed E-state index contributed by atoms with van der Waals surface area (Å²) in [6, 6.07) is 29.7. The van der Waals surface area contributed by atoms with Crippen molar-refractivity contribution in [3.8, 4) is 16.9 Å². The standard InChI is InChI=1S/C31H28N2O4/c1-32(2)27-15-11-25(12-16-27)24-9-6-23(7-10-24)21-33(31(37)26-13-17-29(34)18-14-26)28-5-3-4-22(20-28)8-19-30(35)36/h3-20,34H,21H2,1-2H3,(H,35,36)/b19-8+. The summed E-state index contributed by atoms with van der Waals surface area (Å²) >= 11 is 0. The lowest BCUT2D eigenvalue weighted by Crippen LogP contribution is -2.30. The SMILES string of the molecule is CN(C)c1ccc(-c2ccc(CN(C(=O)c3ccc(O)cc3)c3cccc(/C=C/C(=O)O)c3)cc2)cc1. The second-order valence-corrected chi connectivity index (χ2v) is 8.84. The Hall–Kier alpha value is -4.84. The second kappa shape index (κ2) is 11.3. The molecule has 0 fully saturated rings. The molecule has 4 rings (SSSR count). The van der Waals surface area contributed by atoms with Crippen molar-refractivity contribution in [2.45, 2.75) is 6.54 Å². The van der Waals surface area contributed by atoms with E-state index in [-0.39, 0.29) is 11.7 Å². The van der Waals surface area contributed by atoms with E-state index in [9.17, 15) is 14.7 Å². The Morgan fingerprint density at radius 1 is 0.784 bits per heavy atom. The molecule has 0 radical (unpaired) electrons. The van der Waals surface area contributed by atoms with E-state index in [2.05, 4.69) is 29.2 Å². The van der Waals surface area contributed by atoms with Gasteiger partial charge < -0.3 is 20.0 Å². The van der Waals surface area contributed by atoms with E-state index in [0.29, 0.717) is 23.4 Å². The third-order valence-electron chi connectivity index (χ3n) is 5.97. The van der Waals surface area contributed by atoms with Crippen LogP contribution >= 0.6 is 0 Å². The van der Waals surface area contributed by atoms with Crippen LogP contribution in [0.3, 0.4) is 0 Å². The van der Waals surface area contributed by atoms with Crippen LogP contribution < -0.4 is 9.80 Å². The Morgan fingerprint density at radius 2 is 1.41 bits per heavy atom. The lowest BCUT2D eigenvalue weighted by molar-refractivity contribution is -0.131. The quantitative estimate of drug-likeness (QED) is 0.292. The highest BCUT2D eigenvalue weighted by Crippen LogP contribution is 2.26. The molecule has 0 spiro atoms. The number of hydrogen-bond donors (Lipinski definition) is 2. The molecule has 0 aliphatic heterocycles. The van der Waals surface area contributed by atoms with Gasteiger partial charge in [-0.25, -0.2) is 4.79 Å². The Kier molecular flexibility index (Phi) is 7.69. The number of amides is 1. The van der Waals surface area contributed by atoms with Crippen molar-refractivity contribution in [2.24, 2.45) is 0 Å². The molecule has 0 aromatic heterocycles. The van der Waals surface area contributed by atoms with Gasteiger partial charge >= 0.3 is 5.97 Å². The molecule has 0 bridgehead atoms. The van der Waals surface area contributed by atoms with E-state index in [1.54, 1.807) is 35.2 Å². The maximum absolute atomic E-state index is 13.5. The van der Waals surface area contributed by atoms with Crippen LogP contribution in [0.5, 0.6) is 5.75 Å². The molecule has 0 saturated heterocycles. The summed E-state index contributed by atoms with van der Waals surface area (Å²) in [6.45, 7) is 0.311. The molecule has 186 valence electrons. The van der Waals surface area contributed by atoms with Crippen LogP contribution in [0, 0.1) is 0 Å². The minimum absolute atomic E-state index is 0.0816. The molecule has 1 amide bonds. The molecule has 37 heavy (non-hydrogen) atoms. The molecule has 0 heterocycles. The number of carbonyl (C=O) groups excluding carboxylic acids is 1. The highest BCUT2D eigenvalue weighted by atomic mass is 16.4. The van der Waals surface area contributed by atoms with Crippen LogP contribution in [0.2, 0.25) is 0 Å². The number of aromatic hydroxyl groups is 1. The number of carboxylic acids is 1. The number of hydrogen-bond acceptors (Lipinski definition) is 4. The van der Waals surface area contributed by atoms with E-state index >= 15 is 0 Å². The number of phenolic OH excluding ortho intramolecular Hbond substituents is 1. The molecule has 4 aromatic carbocycles. The van der Waals surface area contributed by atoms with Crippen molar-refractivity contribution < 1.29 is 19.8 Å². The van der Waals surface area contributed by atoms with Crippen LogP contribution in [0.4, 0.5) is 11.4 Å². The molecule has 0 atom stereocenters. The van der Waals surface area contributed by atoms with Crippen LogP contribution in [0.15, 0.2) is 103 Å². The van der Waals surface area contributed by atoms with Crippen LogP contribution in [-0.2, 0) is 11.3 Å². The average Bonchev–Trinajstić information content (AvgIpc) is 2.91. The van der Waals surface area contributed by atoms with E-state index in [4.69, 9.17) is 5.11 Å². The first-order chi connectivity index (χ1) is 17.8. The number of phenols is 1. The fraction of sp³-hybridized carbons (Fsp3) is 0.0968. The Morgan fingerprint density at radius 3 is 2.00 bits per heavy atom. The fourth-order valence-electron chi connectivity index (χ4n) is 3.94. The number of rotatable bonds is 8. The molecule has 2 N–H and O–H groups in total. The zero-order valence-electron chi connectivity index (χ0n) is 20.7. The zero-order chi connectivity index (χ0) is 26.4. The molecular weight excluding hydrogens is 464 g/mol. The minimum Gasteiger partial charge on any atom is -0.508 e. The number of benzene rings is 4. The molecule has 0 unspecified atom stereocenters. The normalized spacial score (nSPS) is 10.9. The summed E-state index contributed by atoms with van der Waals surface area (Å²) < 4.78 is 0. The van der Waals surface area contributed by atoms with Crippen LogP contribution in [0.1, 0.15) is 21.5 Å². The average molecular weight is 493 g/mol. The number of nitrogens with zero attached hydrogens (tertiary/aromatic N) is 2. The smallest absolute Gasteiger partial charge is 0.328 e. The van der Waals surface area contributed by atoms with Gasteiger partial charge in [-0.3, -0.25) is 4.79 Å². The van der Waals surface area contributed by atoms with Gasteiger partial charge in [-0.05, 0) is 76.9 Å². The van der Waals surface area contributed by atoms with Crippen LogP contribution in [0.25, 0.3) is 17.2 Å². The van der Waals surface area contributed by atoms with Gasteiger partial charge in [-0.2, -0.15) is 0 Å². The monoisotopic (exact) mass is 492 g/mol. The first kappa shape index (κ1) is 25.3. The van der Waals surface area contributed by atoms with E-state index in [1.807, 2.05) is 44.4 Å². The highest BCUT2D eigenvalue weighted by molar-refractivity contribution is 6.06. The van der Waals surface area contributed by atoms with E-state index in [1.165, 1.54) is 18.2 Å². The Bertz CT molecular complexity index is 1410. The lowest BCUT2D eigenvalue weighted by Gasteiger charge is -2.24. The van der Waals surface area contributed by atoms with Crippen molar-refractivity contribution in [2.75, 3.05) is 23.9 Å². The predicted molar refractivity (Wildman–Crippen MR) is 148 cm³/mol. The van der Waals surface area contributed by atoms with E-state index < -0.39 is 5.97 Å². The third-order valence-corrected chi connectivity index (χ3v) is 5.97. The third kappa shape index (κ3) is 6.44. The Labute approximate surface area is 216 Å². The lowest BCUT2D eigenvalue weighted by atomic mass is 10.0. The van der Waals surface area contributed by atoms with Gasteiger partial charge in [0.25, 0.3) is 5.91 Å². The minimum atomic E-state index is -1.04. The van der Waals surface area contributed by atoms with Crippen molar-refractivity contribution in [3.63, 3.8) is 0 Å². The topological polar surface area (TPSA) is 81.1 Å². The second-order valence-electron chi connectivity index (χ2n) is 8.84. The molecule has 6 nitrogen and oxygen atoms in total. The highest BCUT2D eigenvalue weighted by Gasteiger charge is 2.19. The number of aliphatic carboxylic acids is 1. The van der Waals surface area contributed by atoms with Gasteiger partial charge in [-0.15, -0.1) is 0 Å². The van der Waals surface area contributed by atoms with E-state index in [0.717, 1.165) is 28.5 Å². The van der Waals surface area contributed by atoms with Crippen molar-refractivity contribution in [1.82, 2.24) is 0 Å². The summed E-state index contributed by atoms with van der Waals surface area (Å²) in [5, 5.41) is 18.6. The molecule has 4 aromatic rings. The predicted octanol–water partition coefficient (Wildman–Crippen LogP) is 6.07. The summed E-state index contributed by atoms with van der Waals surface area (Å²) in [5.41, 5.74) is 5.98. The zero-order valence-corrected chi connectivity index (χ0v) is 20.7. The maximum Gasteiger partial charge on any atom is 0.328 e. The van der Waals surface area contributed by atoms with Crippen molar-refractivity contribution >= 4 is 29.3 Å². The first-order valence-electron chi connectivity index (χ1n) is 11.8. The first-order valence-corrected chi connectivity index (χ1v) is 11.8. The Balaban J connectivity index is 1.63. The van der Waals surface area contributed by atoms with Gasteiger partial charge in [0, 0.05) is 37.1 Å². The molecule has 6 heteroatoms.